The maximum atomic E-state index is 5.73. The van der Waals surface area contributed by atoms with Crippen molar-refractivity contribution >= 4 is 0 Å². The number of ether oxygens (including phenoxy) is 1. The zero-order chi connectivity index (χ0) is 13.0. The third-order valence-electron chi connectivity index (χ3n) is 3.98. The van der Waals surface area contributed by atoms with Crippen LogP contribution in [0.3, 0.4) is 0 Å². The maximum Gasteiger partial charge on any atom is 0.0808 e. The van der Waals surface area contributed by atoms with Crippen LogP contribution >= 0.6 is 0 Å². The molecule has 1 aliphatic carbocycles. The molecule has 0 saturated heterocycles. The standard InChI is InChI=1S/C13H24N4O/c1-17-9-11(8-15-17)12(16-14)13(18-2)10-6-4-3-5-7-10/h8-10,12-13,16H,3-7,14H2,1-2H3. The number of aryl methyl sites for hydroxylation is 1. The Bertz CT molecular complexity index is 360. The molecule has 0 amide bonds. The predicted molar refractivity (Wildman–Crippen MR) is 70.6 cm³/mol. The molecule has 0 bridgehead atoms. The van der Waals surface area contributed by atoms with E-state index in [-0.39, 0.29) is 12.1 Å². The van der Waals surface area contributed by atoms with Crippen molar-refractivity contribution in [3.63, 3.8) is 0 Å². The molecule has 102 valence electrons. The summed E-state index contributed by atoms with van der Waals surface area (Å²) in [5, 5.41) is 4.21. The van der Waals surface area contributed by atoms with Gasteiger partial charge in [-0.3, -0.25) is 16.0 Å². The van der Waals surface area contributed by atoms with Gasteiger partial charge in [0, 0.05) is 25.9 Å². The zero-order valence-electron chi connectivity index (χ0n) is 11.3. The average Bonchev–Trinajstić information content (AvgIpc) is 2.83. The first-order chi connectivity index (χ1) is 8.76. The largest absolute Gasteiger partial charge is 0.379 e. The van der Waals surface area contributed by atoms with Crippen LogP contribution in [0, 0.1) is 5.92 Å². The number of nitrogens with zero attached hydrogens (tertiary/aromatic N) is 2. The van der Waals surface area contributed by atoms with E-state index in [9.17, 15) is 0 Å². The average molecular weight is 252 g/mol. The maximum absolute atomic E-state index is 5.73. The molecule has 0 radical (unpaired) electrons. The van der Waals surface area contributed by atoms with Crippen LogP contribution in [0.25, 0.3) is 0 Å². The summed E-state index contributed by atoms with van der Waals surface area (Å²) in [4.78, 5) is 0. The highest BCUT2D eigenvalue weighted by atomic mass is 16.5. The van der Waals surface area contributed by atoms with E-state index in [0.717, 1.165) is 5.56 Å². The van der Waals surface area contributed by atoms with Crippen molar-refractivity contribution in [1.82, 2.24) is 15.2 Å². The Balaban J connectivity index is 2.12. The Kier molecular flexibility index (Phi) is 4.74. The van der Waals surface area contributed by atoms with Gasteiger partial charge in [0.2, 0.25) is 0 Å². The summed E-state index contributed by atoms with van der Waals surface area (Å²) >= 11 is 0. The van der Waals surface area contributed by atoms with Gasteiger partial charge in [-0.1, -0.05) is 19.3 Å². The molecular formula is C13H24N4O. The number of nitrogens with two attached hydrogens (primary N) is 1. The summed E-state index contributed by atoms with van der Waals surface area (Å²) < 4.78 is 7.53. The van der Waals surface area contributed by atoms with Crippen molar-refractivity contribution in [2.45, 2.75) is 44.2 Å². The molecular weight excluding hydrogens is 228 g/mol. The second kappa shape index (κ2) is 6.31. The molecule has 0 aliphatic heterocycles. The third kappa shape index (κ3) is 2.91. The van der Waals surface area contributed by atoms with Gasteiger partial charge in [-0.25, -0.2) is 0 Å². The molecule has 1 aromatic heterocycles. The molecule has 0 aromatic carbocycles. The second-order valence-corrected chi connectivity index (χ2v) is 5.19. The van der Waals surface area contributed by atoms with E-state index in [2.05, 4.69) is 10.5 Å². The summed E-state index contributed by atoms with van der Waals surface area (Å²) in [6.07, 6.45) is 10.4. The molecule has 5 heteroatoms. The van der Waals surface area contributed by atoms with Gasteiger partial charge in [-0.15, -0.1) is 0 Å². The Hall–Kier alpha value is -0.910. The molecule has 2 unspecified atom stereocenters. The van der Waals surface area contributed by atoms with Gasteiger partial charge in [-0.05, 0) is 18.8 Å². The van der Waals surface area contributed by atoms with E-state index < -0.39 is 0 Å². The van der Waals surface area contributed by atoms with Gasteiger partial charge in [0.25, 0.3) is 0 Å². The highest BCUT2D eigenvalue weighted by Crippen LogP contribution is 2.33. The highest BCUT2D eigenvalue weighted by Gasteiger charge is 2.31. The Morgan fingerprint density at radius 2 is 2.17 bits per heavy atom. The molecule has 1 aliphatic rings. The molecule has 2 atom stereocenters. The lowest BCUT2D eigenvalue weighted by atomic mass is 9.81. The van der Waals surface area contributed by atoms with Crippen LogP contribution in [0.5, 0.6) is 0 Å². The first kappa shape index (κ1) is 13.5. The molecule has 1 heterocycles. The summed E-state index contributed by atoms with van der Waals surface area (Å²) in [6.45, 7) is 0. The molecule has 0 spiro atoms. The minimum atomic E-state index is 0.0202. The number of methoxy groups -OCH3 is 1. The zero-order valence-corrected chi connectivity index (χ0v) is 11.3. The number of rotatable bonds is 5. The SMILES string of the molecule is COC(C1CCCCC1)C(NN)c1cnn(C)c1. The number of hydrogen-bond acceptors (Lipinski definition) is 4. The normalized spacial score (nSPS) is 20.8. The smallest absolute Gasteiger partial charge is 0.0808 e. The fourth-order valence-electron chi connectivity index (χ4n) is 3.04. The molecule has 1 fully saturated rings. The molecule has 18 heavy (non-hydrogen) atoms. The van der Waals surface area contributed by atoms with Gasteiger partial charge in [-0.2, -0.15) is 5.10 Å². The quantitative estimate of drug-likeness (QED) is 0.616. The van der Waals surface area contributed by atoms with Crippen LogP contribution in [0.4, 0.5) is 0 Å². The second-order valence-electron chi connectivity index (χ2n) is 5.19. The first-order valence-electron chi connectivity index (χ1n) is 6.73. The fraction of sp³-hybridized carbons (Fsp3) is 0.769. The van der Waals surface area contributed by atoms with Gasteiger partial charge in [0.1, 0.15) is 0 Å². The van der Waals surface area contributed by atoms with E-state index in [1.807, 2.05) is 19.4 Å². The van der Waals surface area contributed by atoms with Gasteiger partial charge in [0.05, 0.1) is 18.3 Å². The van der Waals surface area contributed by atoms with Crippen LogP contribution in [0.2, 0.25) is 0 Å². The Morgan fingerprint density at radius 1 is 1.44 bits per heavy atom. The van der Waals surface area contributed by atoms with Gasteiger partial charge < -0.3 is 4.74 Å². The third-order valence-corrected chi connectivity index (χ3v) is 3.98. The predicted octanol–water partition coefficient (Wildman–Crippen LogP) is 1.52. The number of aromatic nitrogens is 2. The van der Waals surface area contributed by atoms with Crippen LogP contribution in [0.15, 0.2) is 12.4 Å². The van der Waals surface area contributed by atoms with E-state index in [1.165, 1.54) is 32.1 Å². The minimum Gasteiger partial charge on any atom is -0.379 e. The molecule has 5 nitrogen and oxygen atoms in total. The molecule has 2 rings (SSSR count). The summed E-state index contributed by atoms with van der Waals surface area (Å²) in [6, 6.07) is 0.0202. The fourth-order valence-corrected chi connectivity index (χ4v) is 3.04. The highest BCUT2D eigenvalue weighted by molar-refractivity contribution is 5.12. The van der Waals surface area contributed by atoms with Gasteiger partial charge in [0.15, 0.2) is 0 Å². The van der Waals surface area contributed by atoms with E-state index in [0.29, 0.717) is 5.92 Å². The lowest BCUT2D eigenvalue weighted by Crippen LogP contribution is -2.42. The number of hydrogen-bond donors (Lipinski definition) is 2. The topological polar surface area (TPSA) is 65.1 Å². The van der Waals surface area contributed by atoms with Crippen LogP contribution in [-0.2, 0) is 11.8 Å². The van der Waals surface area contributed by atoms with Crippen molar-refractivity contribution in [3.8, 4) is 0 Å². The Labute approximate surface area is 109 Å². The number of hydrazine groups is 1. The van der Waals surface area contributed by atoms with Crippen molar-refractivity contribution in [1.29, 1.82) is 0 Å². The minimum absolute atomic E-state index is 0.0202. The Morgan fingerprint density at radius 3 is 2.67 bits per heavy atom. The van der Waals surface area contributed by atoms with Crippen molar-refractivity contribution in [3.05, 3.63) is 18.0 Å². The number of nitrogens with one attached hydrogen (secondary N) is 1. The summed E-state index contributed by atoms with van der Waals surface area (Å²) in [5.74, 6) is 6.32. The lowest BCUT2D eigenvalue weighted by Gasteiger charge is -2.34. The molecule has 1 aromatic rings. The van der Waals surface area contributed by atoms with E-state index in [4.69, 9.17) is 10.6 Å². The van der Waals surface area contributed by atoms with Crippen molar-refractivity contribution < 1.29 is 4.74 Å². The summed E-state index contributed by atoms with van der Waals surface area (Å²) in [7, 11) is 3.69. The van der Waals surface area contributed by atoms with Crippen molar-refractivity contribution in [2.75, 3.05) is 7.11 Å². The van der Waals surface area contributed by atoms with E-state index >= 15 is 0 Å². The lowest BCUT2D eigenvalue weighted by molar-refractivity contribution is 0.00748. The monoisotopic (exact) mass is 252 g/mol. The molecule has 1 saturated carbocycles. The van der Waals surface area contributed by atoms with Crippen molar-refractivity contribution in [2.24, 2.45) is 18.8 Å². The van der Waals surface area contributed by atoms with Crippen LogP contribution in [0.1, 0.15) is 43.7 Å². The van der Waals surface area contributed by atoms with E-state index in [1.54, 1.807) is 11.8 Å². The molecule has 3 N–H and O–H groups in total. The van der Waals surface area contributed by atoms with Crippen LogP contribution in [-0.4, -0.2) is 23.0 Å². The van der Waals surface area contributed by atoms with Gasteiger partial charge >= 0.3 is 0 Å². The first-order valence-corrected chi connectivity index (χ1v) is 6.73. The van der Waals surface area contributed by atoms with Crippen LogP contribution < -0.4 is 11.3 Å². The summed E-state index contributed by atoms with van der Waals surface area (Å²) in [5.41, 5.74) is 4.00.